The van der Waals surface area contributed by atoms with E-state index in [1.165, 1.54) is 0 Å². The molecule has 2 aromatic rings. The van der Waals surface area contributed by atoms with Crippen LogP contribution in [0.25, 0.3) is 0 Å². The lowest BCUT2D eigenvalue weighted by molar-refractivity contribution is -0.164. The van der Waals surface area contributed by atoms with Crippen LogP contribution in [0.3, 0.4) is 0 Å². The van der Waals surface area contributed by atoms with Crippen molar-refractivity contribution < 1.29 is 13.2 Å². The molecule has 0 aliphatic rings. The zero-order valence-corrected chi connectivity index (χ0v) is 13.2. The average molecular weight is 341 g/mol. The van der Waals surface area contributed by atoms with E-state index in [-0.39, 0.29) is 16.4 Å². The molecule has 2 atom stereocenters. The molecule has 1 aromatic carbocycles. The van der Waals surface area contributed by atoms with Gasteiger partial charge in [-0.05, 0) is 18.9 Å². The molecule has 0 spiro atoms. The van der Waals surface area contributed by atoms with Crippen LogP contribution < -0.4 is 16.6 Å². The lowest BCUT2D eigenvalue weighted by Gasteiger charge is -2.20. The van der Waals surface area contributed by atoms with Crippen LogP contribution in [-0.2, 0) is 0 Å². The van der Waals surface area contributed by atoms with Crippen LogP contribution in [0.4, 0.5) is 19.0 Å². The maximum atomic E-state index is 12.8. The average Bonchev–Trinajstić information content (AvgIpc) is 2.51. The van der Waals surface area contributed by atoms with Crippen LogP contribution in [0.15, 0.2) is 46.0 Å². The second-order valence-electron chi connectivity index (χ2n) is 5.43. The fraction of sp³-hybridized carbons (Fsp3) is 0.375. The standard InChI is InChI=1S/C16H18F3N3O2/c1-3-12(11-7-5-4-6-8-11)20-13-9-14(23)22(15(24)21-13)10(2)16(17,18)19/h4-10,12,20H,3H2,1-2H3,(H,21,24). The number of nitrogens with zero attached hydrogens (tertiary/aromatic N) is 1. The van der Waals surface area contributed by atoms with Gasteiger partial charge in [-0.3, -0.25) is 9.78 Å². The molecule has 2 N–H and O–H groups in total. The molecule has 5 nitrogen and oxygen atoms in total. The molecular weight excluding hydrogens is 323 g/mol. The number of hydrogen-bond acceptors (Lipinski definition) is 3. The molecule has 2 unspecified atom stereocenters. The summed E-state index contributed by atoms with van der Waals surface area (Å²) in [6.07, 6.45) is -4.02. The minimum absolute atomic E-state index is 0.0892. The number of hydrogen-bond donors (Lipinski definition) is 2. The number of halogens is 3. The van der Waals surface area contributed by atoms with E-state index < -0.39 is 23.5 Å². The van der Waals surface area contributed by atoms with Crippen molar-refractivity contribution in [2.75, 3.05) is 5.32 Å². The highest BCUT2D eigenvalue weighted by molar-refractivity contribution is 5.37. The number of H-pyrrole nitrogens is 1. The third-order valence-corrected chi connectivity index (χ3v) is 3.77. The molecule has 8 heteroatoms. The zero-order chi connectivity index (χ0) is 17.9. The van der Waals surface area contributed by atoms with Crippen LogP contribution in [0, 0.1) is 0 Å². The summed E-state index contributed by atoms with van der Waals surface area (Å²) < 4.78 is 38.4. The van der Waals surface area contributed by atoms with Crippen LogP contribution in [0.5, 0.6) is 0 Å². The first-order valence-corrected chi connectivity index (χ1v) is 7.48. The topological polar surface area (TPSA) is 66.9 Å². The monoisotopic (exact) mass is 341 g/mol. The van der Waals surface area contributed by atoms with E-state index in [0.29, 0.717) is 6.42 Å². The van der Waals surface area contributed by atoms with E-state index in [4.69, 9.17) is 0 Å². The van der Waals surface area contributed by atoms with Gasteiger partial charge < -0.3 is 5.32 Å². The van der Waals surface area contributed by atoms with E-state index in [9.17, 15) is 22.8 Å². The third kappa shape index (κ3) is 3.87. The van der Waals surface area contributed by atoms with Crippen molar-refractivity contribution >= 4 is 5.82 Å². The number of benzene rings is 1. The van der Waals surface area contributed by atoms with E-state index in [1.807, 2.05) is 37.3 Å². The van der Waals surface area contributed by atoms with Crippen LogP contribution >= 0.6 is 0 Å². The van der Waals surface area contributed by atoms with Crippen molar-refractivity contribution in [3.63, 3.8) is 0 Å². The third-order valence-electron chi connectivity index (χ3n) is 3.77. The Labute approximate surface area is 136 Å². The van der Waals surface area contributed by atoms with Gasteiger partial charge in [0.05, 0.1) is 6.04 Å². The van der Waals surface area contributed by atoms with Crippen LogP contribution in [0.1, 0.15) is 37.9 Å². The highest BCUT2D eigenvalue weighted by Gasteiger charge is 2.39. The van der Waals surface area contributed by atoms with Gasteiger partial charge in [0.1, 0.15) is 11.9 Å². The van der Waals surface area contributed by atoms with Gasteiger partial charge in [-0.25, -0.2) is 9.36 Å². The lowest BCUT2D eigenvalue weighted by atomic mass is 10.0. The van der Waals surface area contributed by atoms with Crippen LogP contribution in [0.2, 0.25) is 0 Å². The van der Waals surface area contributed by atoms with Crippen molar-refractivity contribution in [2.45, 2.75) is 38.5 Å². The number of aromatic nitrogens is 2. The lowest BCUT2D eigenvalue weighted by Crippen LogP contribution is -2.42. The zero-order valence-electron chi connectivity index (χ0n) is 13.2. The minimum Gasteiger partial charge on any atom is -0.365 e. The number of alkyl halides is 3. The smallest absolute Gasteiger partial charge is 0.365 e. The molecule has 0 aliphatic carbocycles. The summed E-state index contributed by atoms with van der Waals surface area (Å²) in [5.41, 5.74) is -1.17. The second kappa shape index (κ2) is 6.94. The van der Waals surface area contributed by atoms with Gasteiger partial charge in [-0.1, -0.05) is 37.3 Å². The highest BCUT2D eigenvalue weighted by Crippen LogP contribution is 2.28. The summed E-state index contributed by atoms with van der Waals surface area (Å²) in [4.78, 5) is 26.2. The number of nitrogens with one attached hydrogen (secondary N) is 2. The summed E-state index contributed by atoms with van der Waals surface area (Å²) in [5, 5.41) is 2.98. The Morgan fingerprint density at radius 3 is 2.33 bits per heavy atom. The molecule has 0 amide bonds. The summed E-state index contributed by atoms with van der Waals surface area (Å²) in [6.45, 7) is 2.68. The Kier molecular flexibility index (Phi) is 5.16. The molecule has 0 bridgehead atoms. The Morgan fingerprint density at radius 1 is 1.21 bits per heavy atom. The molecule has 1 aromatic heterocycles. The number of aromatic amines is 1. The molecule has 24 heavy (non-hydrogen) atoms. The Balaban J connectivity index is 2.34. The minimum atomic E-state index is -4.68. The highest BCUT2D eigenvalue weighted by atomic mass is 19.4. The van der Waals surface area contributed by atoms with Gasteiger partial charge in [0.15, 0.2) is 0 Å². The number of anilines is 1. The van der Waals surface area contributed by atoms with E-state index in [0.717, 1.165) is 18.6 Å². The largest absolute Gasteiger partial charge is 0.409 e. The quantitative estimate of drug-likeness (QED) is 0.877. The summed E-state index contributed by atoms with van der Waals surface area (Å²) in [6, 6.07) is 7.92. The SMILES string of the molecule is CCC(Nc1cc(=O)n(C(C)C(F)(F)F)c(=O)[nH]1)c1ccccc1. The van der Waals surface area contributed by atoms with Gasteiger partial charge >= 0.3 is 11.9 Å². The first-order chi connectivity index (χ1) is 11.2. The maximum absolute atomic E-state index is 12.8. The summed E-state index contributed by atoms with van der Waals surface area (Å²) in [7, 11) is 0. The molecule has 0 fully saturated rings. The maximum Gasteiger partial charge on any atom is 0.409 e. The van der Waals surface area contributed by atoms with Crippen molar-refractivity contribution in [1.29, 1.82) is 0 Å². The van der Waals surface area contributed by atoms with Crippen molar-refractivity contribution in [2.24, 2.45) is 0 Å². The summed E-state index contributed by atoms with van der Waals surface area (Å²) in [5.74, 6) is 0.0892. The fourth-order valence-corrected chi connectivity index (χ4v) is 2.39. The molecule has 130 valence electrons. The second-order valence-corrected chi connectivity index (χ2v) is 5.43. The predicted octanol–water partition coefficient (Wildman–Crippen LogP) is 3.22. The molecule has 0 radical (unpaired) electrons. The Hall–Kier alpha value is -2.51. The van der Waals surface area contributed by atoms with Crippen molar-refractivity contribution in [1.82, 2.24) is 9.55 Å². The molecule has 2 rings (SSSR count). The first-order valence-electron chi connectivity index (χ1n) is 7.48. The number of rotatable bonds is 5. The Bertz CT molecular complexity index is 765. The summed E-state index contributed by atoms with van der Waals surface area (Å²) >= 11 is 0. The molecule has 0 aliphatic heterocycles. The van der Waals surface area contributed by atoms with Gasteiger partial charge in [0, 0.05) is 6.07 Å². The molecule has 0 saturated carbocycles. The fourth-order valence-electron chi connectivity index (χ4n) is 2.39. The van der Waals surface area contributed by atoms with Gasteiger partial charge in [-0.2, -0.15) is 13.2 Å². The van der Waals surface area contributed by atoms with E-state index in [1.54, 1.807) is 0 Å². The molecule has 1 heterocycles. The van der Waals surface area contributed by atoms with Gasteiger partial charge in [-0.15, -0.1) is 0 Å². The van der Waals surface area contributed by atoms with Crippen molar-refractivity contribution in [3.8, 4) is 0 Å². The first kappa shape index (κ1) is 17.8. The van der Waals surface area contributed by atoms with E-state index >= 15 is 0 Å². The normalized spacial score (nSPS) is 14.2. The van der Waals surface area contributed by atoms with Crippen molar-refractivity contribution in [3.05, 3.63) is 62.8 Å². The molecular formula is C16H18F3N3O2. The van der Waals surface area contributed by atoms with Gasteiger partial charge in [0.2, 0.25) is 0 Å². The predicted molar refractivity (Wildman–Crippen MR) is 85.2 cm³/mol. The van der Waals surface area contributed by atoms with Crippen LogP contribution in [-0.4, -0.2) is 15.7 Å². The Morgan fingerprint density at radius 2 is 1.83 bits per heavy atom. The van der Waals surface area contributed by atoms with Gasteiger partial charge in [0.25, 0.3) is 5.56 Å². The molecule has 0 saturated heterocycles. The van der Waals surface area contributed by atoms with E-state index in [2.05, 4.69) is 10.3 Å².